The maximum atomic E-state index is 12.4. The Bertz CT molecular complexity index is 625. The summed E-state index contributed by atoms with van der Waals surface area (Å²) in [4.78, 5) is 24.0. The molecule has 0 bridgehead atoms. The van der Waals surface area contributed by atoms with Crippen molar-refractivity contribution in [3.8, 4) is 0 Å². The molecule has 0 aromatic heterocycles. The molecular weight excluding hydrogens is 288 g/mol. The van der Waals surface area contributed by atoms with Crippen LogP contribution in [0.2, 0.25) is 0 Å². The standard InChI is InChI=1S/C20H28O3/c1-13(21)23-17-8-6-7-15-19(4)12-10-16(22)18(2,3)14(19)9-11-20(15,17)5/h7,9,17H,6,8,10-12H2,1-5H3/t17-,19+,20-/m1/s1. The molecule has 1 saturated carbocycles. The van der Waals surface area contributed by atoms with Crippen LogP contribution in [0.15, 0.2) is 23.3 Å². The van der Waals surface area contributed by atoms with Crippen LogP contribution in [0.1, 0.15) is 66.7 Å². The lowest BCUT2D eigenvalue weighted by molar-refractivity contribution is -0.153. The molecule has 3 aliphatic carbocycles. The van der Waals surface area contributed by atoms with Crippen molar-refractivity contribution >= 4 is 11.8 Å². The van der Waals surface area contributed by atoms with Gasteiger partial charge in [0.1, 0.15) is 11.9 Å². The molecule has 0 aromatic rings. The fourth-order valence-corrected chi connectivity index (χ4v) is 5.32. The molecule has 0 aliphatic heterocycles. The van der Waals surface area contributed by atoms with E-state index in [-0.39, 0.29) is 28.3 Å². The van der Waals surface area contributed by atoms with E-state index in [1.165, 1.54) is 18.1 Å². The summed E-state index contributed by atoms with van der Waals surface area (Å²) in [6.45, 7) is 10.1. The van der Waals surface area contributed by atoms with Crippen molar-refractivity contribution in [2.75, 3.05) is 0 Å². The van der Waals surface area contributed by atoms with Gasteiger partial charge in [0.15, 0.2) is 0 Å². The minimum absolute atomic E-state index is 0.0598. The van der Waals surface area contributed by atoms with Gasteiger partial charge in [0, 0.05) is 29.6 Å². The maximum Gasteiger partial charge on any atom is 0.302 e. The van der Waals surface area contributed by atoms with E-state index in [0.29, 0.717) is 12.2 Å². The van der Waals surface area contributed by atoms with Crippen LogP contribution in [0.5, 0.6) is 0 Å². The van der Waals surface area contributed by atoms with Crippen LogP contribution in [-0.2, 0) is 14.3 Å². The van der Waals surface area contributed by atoms with Crippen LogP contribution in [-0.4, -0.2) is 17.9 Å². The summed E-state index contributed by atoms with van der Waals surface area (Å²) in [5.74, 6) is 0.148. The van der Waals surface area contributed by atoms with Gasteiger partial charge in [0.2, 0.25) is 0 Å². The van der Waals surface area contributed by atoms with Crippen molar-refractivity contribution in [3.05, 3.63) is 23.3 Å². The van der Waals surface area contributed by atoms with E-state index in [2.05, 4.69) is 39.8 Å². The molecule has 0 spiro atoms. The van der Waals surface area contributed by atoms with Crippen LogP contribution in [0.4, 0.5) is 0 Å². The molecule has 0 N–H and O–H groups in total. The van der Waals surface area contributed by atoms with Crippen LogP contribution in [0, 0.1) is 16.2 Å². The van der Waals surface area contributed by atoms with Crippen LogP contribution >= 0.6 is 0 Å². The monoisotopic (exact) mass is 316 g/mol. The van der Waals surface area contributed by atoms with E-state index >= 15 is 0 Å². The number of ketones is 1. The zero-order chi connectivity index (χ0) is 17.0. The maximum absolute atomic E-state index is 12.4. The van der Waals surface area contributed by atoms with Gasteiger partial charge in [0.25, 0.3) is 0 Å². The van der Waals surface area contributed by atoms with E-state index in [1.54, 1.807) is 0 Å². The molecule has 126 valence electrons. The number of esters is 1. The highest BCUT2D eigenvalue weighted by Crippen LogP contribution is 2.63. The minimum atomic E-state index is -0.385. The fraction of sp³-hybridized carbons (Fsp3) is 0.700. The lowest BCUT2D eigenvalue weighted by Gasteiger charge is -2.56. The van der Waals surface area contributed by atoms with Crippen molar-refractivity contribution < 1.29 is 14.3 Å². The smallest absolute Gasteiger partial charge is 0.302 e. The minimum Gasteiger partial charge on any atom is -0.462 e. The third kappa shape index (κ3) is 2.23. The number of allylic oxidation sites excluding steroid dienone is 3. The van der Waals surface area contributed by atoms with Crippen molar-refractivity contribution in [2.45, 2.75) is 72.8 Å². The van der Waals surface area contributed by atoms with Gasteiger partial charge in [-0.3, -0.25) is 9.59 Å². The van der Waals surface area contributed by atoms with Gasteiger partial charge >= 0.3 is 5.97 Å². The van der Waals surface area contributed by atoms with Gasteiger partial charge in [-0.25, -0.2) is 0 Å². The summed E-state index contributed by atoms with van der Waals surface area (Å²) < 4.78 is 5.69. The molecular formula is C20H28O3. The largest absolute Gasteiger partial charge is 0.462 e. The predicted molar refractivity (Wildman–Crippen MR) is 89.8 cm³/mol. The Hall–Kier alpha value is -1.38. The molecule has 3 rings (SSSR count). The number of Topliss-reactive ketones (excluding diaryl/α,β-unsaturated/α-hetero) is 1. The Labute approximate surface area is 139 Å². The summed E-state index contributed by atoms with van der Waals surface area (Å²) in [6, 6.07) is 0. The van der Waals surface area contributed by atoms with Gasteiger partial charge in [-0.1, -0.05) is 37.1 Å². The van der Waals surface area contributed by atoms with Gasteiger partial charge in [0.05, 0.1) is 0 Å². The highest BCUT2D eigenvalue weighted by molar-refractivity contribution is 5.89. The van der Waals surface area contributed by atoms with E-state index in [0.717, 1.165) is 25.7 Å². The summed E-state index contributed by atoms with van der Waals surface area (Å²) in [5.41, 5.74) is 2.06. The molecule has 3 aliphatic rings. The first-order chi connectivity index (χ1) is 10.6. The average Bonchev–Trinajstić information content (AvgIpc) is 2.44. The first-order valence-corrected chi connectivity index (χ1v) is 8.75. The average molecular weight is 316 g/mol. The number of rotatable bonds is 1. The number of ether oxygens (including phenoxy) is 1. The molecule has 0 aromatic carbocycles. The van der Waals surface area contributed by atoms with Crippen LogP contribution in [0.25, 0.3) is 0 Å². The Morgan fingerprint density at radius 3 is 2.52 bits per heavy atom. The van der Waals surface area contributed by atoms with Crippen LogP contribution < -0.4 is 0 Å². The number of carbonyl (C=O) groups is 2. The molecule has 3 atom stereocenters. The SMILES string of the molecule is CC(=O)O[C@@H]1CCC=C2[C@@]3(C)CCC(=O)C(C)(C)C3=CC[C@]21C. The molecule has 0 unspecified atom stereocenters. The number of carbonyl (C=O) groups excluding carboxylic acids is 2. The lowest BCUT2D eigenvalue weighted by atomic mass is 9.48. The second kappa shape index (κ2) is 5.06. The van der Waals surface area contributed by atoms with Crippen molar-refractivity contribution in [3.63, 3.8) is 0 Å². The van der Waals surface area contributed by atoms with Crippen molar-refractivity contribution in [1.29, 1.82) is 0 Å². The Kier molecular flexibility index (Phi) is 3.62. The fourth-order valence-electron chi connectivity index (χ4n) is 5.32. The molecule has 23 heavy (non-hydrogen) atoms. The van der Waals surface area contributed by atoms with E-state index in [4.69, 9.17) is 4.74 Å². The first-order valence-electron chi connectivity index (χ1n) is 8.75. The molecule has 0 heterocycles. The van der Waals surface area contributed by atoms with Gasteiger partial charge in [-0.05, 0) is 39.5 Å². The summed E-state index contributed by atoms with van der Waals surface area (Å²) in [7, 11) is 0. The predicted octanol–water partition coefficient (Wildman–Crippen LogP) is 4.37. The van der Waals surface area contributed by atoms with Gasteiger partial charge in [-0.2, -0.15) is 0 Å². The molecule has 0 amide bonds. The summed E-state index contributed by atoms with van der Waals surface area (Å²) in [5, 5.41) is 0. The molecule has 3 nitrogen and oxygen atoms in total. The molecule has 3 heteroatoms. The summed E-state index contributed by atoms with van der Waals surface area (Å²) in [6.07, 6.45) is 8.76. The summed E-state index contributed by atoms with van der Waals surface area (Å²) >= 11 is 0. The normalized spacial score (nSPS) is 38.8. The molecule has 0 saturated heterocycles. The Balaban J connectivity index is 2.09. The quantitative estimate of drug-likeness (QED) is 0.533. The van der Waals surface area contributed by atoms with E-state index in [1.807, 2.05) is 0 Å². The van der Waals surface area contributed by atoms with E-state index in [9.17, 15) is 9.59 Å². The second-order valence-corrected chi connectivity index (χ2v) is 8.41. The zero-order valence-electron chi connectivity index (χ0n) is 15.0. The highest BCUT2D eigenvalue weighted by atomic mass is 16.5. The topological polar surface area (TPSA) is 43.4 Å². The van der Waals surface area contributed by atoms with Crippen molar-refractivity contribution in [2.24, 2.45) is 16.2 Å². The number of fused-ring (bicyclic) bond motifs is 3. The Morgan fingerprint density at radius 2 is 1.87 bits per heavy atom. The van der Waals surface area contributed by atoms with Crippen LogP contribution in [0.3, 0.4) is 0 Å². The first kappa shape index (κ1) is 16.5. The number of hydrogen-bond donors (Lipinski definition) is 0. The lowest BCUT2D eigenvalue weighted by Crippen LogP contribution is -2.52. The highest BCUT2D eigenvalue weighted by Gasteiger charge is 2.56. The Morgan fingerprint density at radius 1 is 1.17 bits per heavy atom. The third-order valence-corrected chi connectivity index (χ3v) is 6.55. The zero-order valence-corrected chi connectivity index (χ0v) is 15.0. The third-order valence-electron chi connectivity index (χ3n) is 6.55. The molecule has 1 fully saturated rings. The second-order valence-electron chi connectivity index (χ2n) is 8.41. The molecule has 0 radical (unpaired) electrons. The van der Waals surface area contributed by atoms with Gasteiger partial charge in [-0.15, -0.1) is 0 Å². The number of hydrogen-bond acceptors (Lipinski definition) is 3. The van der Waals surface area contributed by atoms with Gasteiger partial charge < -0.3 is 4.74 Å². The van der Waals surface area contributed by atoms with Crippen molar-refractivity contribution in [1.82, 2.24) is 0 Å². The van der Waals surface area contributed by atoms with E-state index < -0.39 is 0 Å².